The third-order valence-corrected chi connectivity index (χ3v) is 4.42. The van der Waals surface area contributed by atoms with Gasteiger partial charge in [0.15, 0.2) is 0 Å². The molecule has 0 atom stereocenters. The van der Waals surface area contributed by atoms with Crippen molar-refractivity contribution in [2.45, 2.75) is 18.7 Å². The second kappa shape index (κ2) is 6.02. The van der Waals surface area contributed by atoms with Gasteiger partial charge in [0.1, 0.15) is 11.9 Å². The number of rotatable bonds is 4. The molecule has 1 aromatic heterocycles. The van der Waals surface area contributed by atoms with Crippen LogP contribution in [0.5, 0.6) is 0 Å². The van der Waals surface area contributed by atoms with E-state index in [1.165, 1.54) is 48.7 Å². The van der Waals surface area contributed by atoms with Crippen molar-refractivity contribution in [3.8, 4) is 11.1 Å². The Bertz CT molecular complexity index is 916. The number of carbonyl (C=O) groups is 2. The van der Waals surface area contributed by atoms with Gasteiger partial charge in [-0.3, -0.25) is 14.1 Å². The lowest BCUT2D eigenvalue weighted by molar-refractivity contribution is -0.674. The van der Waals surface area contributed by atoms with Gasteiger partial charge in [-0.1, -0.05) is 18.2 Å². The van der Waals surface area contributed by atoms with Crippen LogP contribution < -0.4 is 4.57 Å². The first-order valence-electron chi connectivity index (χ1n) is 6.76. The van der Waals surface area contributed by atoms with Crippen LogP contribution in [0.15, 0.2) is 41.3 Å². The van der Waals surface area contributed by atoms with Crippen molar-refractivity contribution in [2.24, 2.45) is 7.05 Å². The van der Waals surface area contributed by atoms with Crippen LogP contribution in [-0.4, -0.2) is 24.5 Å². The summed E-state index contributed by atoms with van der Waals surface area (Å²) in [6, 6.07) is 8.87. The van der Waals surface area contributed by atoms with Crippen LogP contribution in [0.4, 0.5) is 0 Å². The Labute approximate surface area is 134 Å². The number of carbonyl (C=O) groups excluding carboxylic acids is 2. The Morgan fingerprint density at radius 1 is 0.957 bits per heavy atom. The number of Topliss-reactive ketones (excluding diaryl/α,β-unsaturated/α-hetero) is 2. The summed E-state index contributed by atoms with van der Waals surface area (Å²) in [6.45, 7) is 2.71. The molecule has 120 valence electrons. The molecule has 0 spiro atoms. The van der Waals surface area contributed by atoms with E-state index in [2.05, 4.69) is 0 Å². The number of hydrogen-bond acceptors (Lipinski definition) is 4. The number of nitrogens with zero attached hydrogens (tertiary/aromatic N) is 1. The molecule has 0 fully saturated rings. The lowest BCUT2D eigenvalue weighted by Crippen LogP contribution is -2.42. The minimum absolute atomic E-state index is 0.189. The first-order valence-corrected chi connectivity index (χ1v) is 8.20. The van der Waals surface area contributed by atoms with Crippen LogP contribution in [0.2, 0.25) is 0 Å². The molecule has 1 N–H and O–H groups in total. The Morgan fingerprint density at radius 3 is 2.09 bits per heavy atom. The number of aromatic nitrogens is 1. The third kappa shape index (κ3) is 3.20. The van der Waals surface area contributed by atoms with Gasteiger partial charge in [0.05, 0.1) is 5.56 Å². The first kappa shape index (κ1) is 17.0. The Morgan fingerprint density at radius 2 is 1.57 bits per heavy atom. The summed E-state index contributed by atoms with van der Waals surface area (Å²) in [6.07, 6.45) is 0. The smallest absolute Gasteiger partial charge is 0.288 e. The predicted octanol–water partition coefficient (Wildman–Crippen LogP) is 1.83. The molecular formula is C16H16NO5S+. The summed E-state index contributed by atoms with van der Waals surface area (Å²) in [4.78, 5) is 23.4. The van der Waals surface area contributed by atoms with Crippen molar-refractivity contribution in [1.29, 1.82) is 0 Å². The summed E-state index contributed by atoms with van der Waals surface area (Å²) in [5, 5.41) is 0. The highest BCUT2D eigenvalue weighted by atomic mass is 32.2. The average Bonchev–Trinajstić information content (AvgIpc) is 2.45. The fourth-order valence-corrected chi connectivity index (χ4v) is 3.27. The standard InChI is InChI=1S/C16H15NO5S/c1-10(18)14-9-8-13(16(11(2)19)17(14)3)12-6-4-5-7-15(12)23(20,21)22/h4-9H,1-3H3/p+1. The monoisotopic (exact) mass is 334 g/mol. The molecule has 2 rings (SSSR count). The summed E-state index contributed by atoms with van der Waals surface area (Å²) >= 11 is 0. The zero-order chi connectivity index (χ0) is 17.4. The molecule has 0 saturated carbocycles. The molecular weight excluding hydrogens is 318 g/mol. The molecule has 2 aromatic rings. The molecule has 6 nitrogen and oxygen atoms in total. The predicted molar refractivity (Wildman–Crippen MR) is 82.9 cm³/mol. The number of benzene rings is 1. The molecule has 0 unspecified atom stereocenters. The minimum Gasteiger partial charge on any atom is -0.288 e. The Hall–Kier alpha value is -2.38. The lowest BCUT2D eigenvalue weighted by Gasteiger charge is -2.10. The molecule has 7 heteroatoms. The van der Waals surface area contributed by atoms with Crippen LogP contribution in [-0.2, 0) is 17.2 Å². The van der Waals surface area contributed by atoms with E-state index >= 15 is 0 Å². The van der Waals surface area contributed by atoms with E-state index in [9.17, 15) is 22.6 Å². The van der Waals surface area contributed by atoms with Crippen molar-refractivity contribution in [2.75, 3.05) is 0 Å². The van der Waals surface area contributed by atoms with Gasteiger partial charge in [-0.05, 0) is 12.1 Å². The summed E-state index contributed by atoms with van der Waals surface area (Å²) in [5.41, 5.74) is 1.04. The highest BCUT2D eigenvalue weighted by Gasteiger charge is 2.28. The maximum Gasteiger partial charge on any atom is 0.295 e. The first-order chi connectivity index (χ1) is 10.6. The van der Waals surface area contributed by atoms with E-state index in [-0.39, 0.29) is 27.7 Å². The molecule has 0 saturated heterocycles. The van der Waals surface area contributed by atoms with Gasteiger partial charge in [0.25, 0.3) is 15.8 Å². The maximum atomic E-state index is 12.1. The molecule has 0 aliphatic heterocycles. The van der Waals surface area contributed by atoms with Crippen LogP contribution in [0.25, 0.3) is 11.1 Å². The van der Waals surface area contributed by atoms with Gasteiger partial charge < -0.3 is 0 Å². The molecule has 0 amide bonds. The van der Waals surface area contributed by atoms with Gasteiger partial charge in [-0.2, -0.15) is 13.0 Å². The second-order valence-electron chi connectivity index (χ2n) is 5.12. The van der Waals surface area contributed by atoms with E-state index in [1.54, 1.807) is 13.1 Å². The fraction of sp³-hybridized carbons (Fsp3) is 0.188. The van der Waals surface area contributed by atoms with E-state index < -0.39 is 10.1 Å². The van der Waals surface area contributed by atoms with Crippen molar-refractivity contribution >= 4 is 21.7 Å². The van der Waals surface area contributed by atoms with Gasteiger partial charge in [-0.15, -0.1) is 0 Å². The van der Waals surface area contributed by atoms with E-state index in [4.69, 9.17) is 0 Å². The summed E-state index contributed by atoms with van der Waals surface area (Å²) < 4.78 is 34.0. The molecule has 0 bridgehead atoms. The van der Waals surface area contributed by atoms with Crippen molar-refractivity contribution < 1.29 is 27.1 Å². The molecule has 1 aromatic carbocycles. The number of hydrogen-bond donors (Lipinski definition) is 1. The van der Waals surface area contributed by atoms with Crippen molar-refractivity contribution in [3.05, 3.63) is 47.8 Å². The van der Waals surface area contributed by atoms with E-state index in [1.807, 2.05) is 0 Å². The van der Waals surface area contributed by atoms with Gasteiger partial charge in [0, 0.05) is 25.5 Å². The number of pyridine rings is 1. The van der Waals surface area contributed by atoms with E-state index in [0.717, 1.165) is 0 Å². The van der Waals surface area contributed by atoms with Crippen LogP contribution in [0, 0.1) is 0 Å². The SMILES string of the molecule is CC(=O)c1ccc(-c2ccccc2S(=O)(=O)O)c(C(C)=O)[n+]1C. The zero-order valence-corrected chi connectivity index (χ0v) is 13.7. The van der Waals surface area contributed by atoms with Gasteiger partial charge >= 0.3 is 0 Å². The molecule has 1 heterocycles. The molecule has 0 radical (unpaired) electrons. The molecule has 0 aliphatic rings. The number of ketones is 2. The summed E-state index contributed by atoms with van der Waals surface area (Å²) in [7, 11) is -2.89. The van der Waals surface area contributed by atoms with Crippen molar-refractivity contribution in [3.63, 3.8) is 0 Å². The highest BCUT2D eigenvalue weighted by molar-refractivity contribution is 7.86. The molecule has 23 heavy (non-hydrogen) atoms. The zero-order valence-electron chi connectivity index (χ0n) is 12.9. The van der Waals surface area contributed by atoms with Gasteiger partial charge in [0.2, 0.25) is 17.3 Å². The molecule has 0 aliphatic carbocycles. The van der Waals surface area contributed by atoms with Crippen molar-refractivity contribution in [1.82, 2.24) is 0 Å². The topological polar surface area (TPSA) is 92.4 Å². The summed E-state index contributed by atoms with van der Waals surface area (Å²) in [5.74, 6) is -0.541. The lowest BCUT2D eigenvalue weighted by atomic mass is 10.0. The fourth-order valence-electron chi connectivity index (χ4n) is 2.56. The normalized spacial score (nSPS) is 11.3. The Balaban J connectivity index is 2.89. The largest absolute Gasteiger partial charge is 0.295 e. The van der Waals surface area contributed by atoms with Gasteiger partial charge in [-0.25, -0.2) is 0 Å². The van der Waals surface area contributed by atoms with E-state index in [0.29, 0.717) is 11.3 Å². The Kier molecular flexibility index (Phi) is 4.44. The average molecular weight is 334 g/mol. The van der Waals surface area contributed by atoms with Crippen LogP contribution >= 0.6 is 0 Å². The van der Waals surface area contributed by atoms with Crippen LogP contribution in [0.1, 0.15) is 34.8 Å². The maximum absolute atomic E-state index is 12.1. The van der Waals surface area contributed by atoms with Crippen LogP contribution in [0.3, 0.4) is 0 Å². The minimum atomic E-state index is -4.45. The third-order valence-electron chi connectivity index (χ3n) is 3.51. The second-order valence-corrected chi connectivity index (χ2v) is 6.51. The highest BCUT2D eigenvalue weighted by Crippen LogP contribution is 2.29. The quantitative estimate of drug-likeness (QED) is 0.523.